The minimum Gasteiger partial charge on any atom is -0.295 e. The predicted octanol–water partition coefficient (Wildman–Crippen LogP) is 5.15. The first-order valence-corrected chi connectivity index (χ1v) is 25.2. The smallest absolute Gasteiger partial charge is 0.255 e. The fraction of sp³-hybridized carbons (Fsp3) is 0.471. The number of ether oxygens (including phenoxy) is 1. The summed E-state index contributed by atoms with van der Waals surface area (Å²) in [6.45, 7) is 4.39. The number of nitrogens with zero attached hydrogens (tertiary/aromatic N) is 2. The summed E-state index contributed by atoms with van der Waals surface area (Å²) in [5.74, 6) is 1.98. The molecule has 3 saturated heterocycles. The molecule has 1 saturated carbocycles. The second-order valence-electron chi connectivity index (χ2n) is 19.2. The van der Waals surface area contributed by atoms with Gasteiger partial charge in [0.1, 0.15) is 6.04 Å². The fourth-order valence-corrected chi connectivity index (χ4v) is 16.5. The Kier molecular flexibility index (Phi) is 9.86. The number of aromatic hydroxyl groups is 1. The number of rotatable bonds is 6. The SMILES string of the molecule is O=C1CCC(N2Cc3c(ccc4c3OCC43CCN(CC4CC5(CC[I-]C(c6ccc([C@@H]7c8ccc(O)cc8CC[C@@H]7c7ccccc7)cc6)CC5)C4)CC3)C2=O)C(=O)N1. The van der Waals surface area contributed by atoms with Crippen LogP contribution in [-0.4, -0.2) is 69.3 Å². The number of benzene rings is 4. The van der Waals surface area contributed by atoms with Crippen LogP contribution < -0.4 is 31.3 Å². The topological polar surface area (TPSA) is 99.2 Å². The molecule has 4 fully saturated rings. The maximum Gasteiger partial charge on any atom is 0.255 e. The van der Waals surface area contributed by atoms with Crippen LogP contribution in [0.2, 0.25) is 0 Å². The standard InChI is InChI=1S/C51H55IN3O5/c56-37-11-13-39-36(26-37)10-12-38(33-4-2-1-3-5-33)46(39)35-8-6-34(7-9-35)43-18-19-50(20-23-52-43)27-32(28-50)29-54-24-21-51(22-25-54)31-60-47-41-30-55(44-16-17-45(57)53-48(44)58)49(59)40(41)14-15-42(47)51/h1-9,11,13-15,26,32,38,43-44,46,56H,10,12,16-25,27-31H2,(H,53,57,58)/q-1/t32?,38-,43?,44?,46+,50?/m1/s1. The van der Waals surface area contributed by atoms with Crippen LogP contribution in [0.1, 0.15) is 129 Å². The van der Waals surface area contributed by atoms with Crippen molar-refractivity contribution in [1.82, 2.24) is 15.1 Å². The maximum absolute atomic E-state index is 13.4. The van der Waals surface area contributed by atoms with E-state index in [0.29, 0.717) is 48.1 Å². The van der Waals surface area contributed by atoms with Gasteiger partial charge in [-0.15, -0.1) is 0 Å². The summed E-state index contributed by atoms with van der Waals surface area (Å²) in [5, 5.41) is 12.7. The number of carbonyl (C=O) groups is 3. The van der Waals surface area contributed by atoms with E-state index in [9.17, 15) is 19.5 Å². The van der Waals surface area contributed by atoms with E-state index in [-0.39, 0.29) is 50.8 Å². The van der Waals surface area contributed by atoms with E-state index in [4.69, 9.17) is 4.74 Å². The minimum atomic E-state index is -0.612. The molecule has 60 heavy (non-hydrogen) atoms. The molecule has 3 amide bonds. The number of nitrogens with one attached hydrogen (secondary N) is 1. The molecule has 4 aromatic rings. The molecule has 5 aliphatic heterocycles. The van der Waals surface area contributed by atoms with Crippen molar-refractivity contribution in [2.24, 2.45) is 11.3 Å². The number of aryl methyl sites for hydroxylation is 1. The van der Waals surface area contributed by atoms with E-state index in [1.165, 1.54) is 70.9 Å². The molecule has 2 spiro atoms. The van der Waals surface area contributed by atoms with Crippen LogP contribution >= 0.6 is 0 Å². The summed E-state index contributed by atoms with van der Waals surface area (Å²) >= 11 is 0.114. The third-order valence-electron chi connectivity index (χ3n) is 15.8. The number of fused-ring (bicyclic) bond motifs is 5. The quantitative estimate of drug-likeness (QED) is 0.158. The molecule has 2 aliphatic carbocycles. The van der Waals surface area contributed by atoms with E-state index in [1.807, 2.05) is 18.2 Å². The molecule has 0 radical (unpaired) electrons. The first-order valence-electron chi connectivity index (χ1n) is 22.5. The van der Waals surface area contributed by atoms with Crippen molar-refractivity contribution in [2.75, 3.05) is 30.7 Å². The molecule has 312 valence electrons. The molecule has 5 heterocycles. The third kappa shape index (κ3) is 6.77. The number of alkyl halides is 2. The number of likely N-dealkylation sites (tertiary alicyclic amines) is 1. The number of phenols is 1. The molecule has 4 atom stereocenters. The number of imide groups is 1. The number of halogens is 1. The van der Waals surface area contributed by atoms with Crippen molar-refractivity contribution in [3.63, 3.8) is 0 Å². The van der Waals surface area contributed by atoms with Crippen molar-refractivity contribution in [3.05, 3.63) is 129 Å². The first-order chi connectivity index (χ1) is 29.2. The molecule has 9 heteroatoms. The number of amides is 3. The number of piperidine rings is 2. The molecule has 11 rings (SSSR count). The fourth-order valence-electron chi connectivity index (χ4n) is 12.6. The molecule has 0 aromatic heterocycles. The van der Waals surface area contributed by atoms with Gasteiger partial charge in [0.2, 0.25) is 11.8 Å². The summed E-state index contributed by atoms with van der Waals surface area (Å²) in [6, 6.07) is 30.3. The van der Waals surface area contributed by atoms with Gasteiger partial charge in [-0.3, -0.25) is 19.7 Å². The first kappa shape index (κ1) is 38.7. The number of carbonyl (C=O) groups excluding carboxylic acids is 3. The maximum atomic E-state index is 13.4. The van der Waals surface area contributed by atoms with E-state index in [0.717, 1.165) is 59.9 Å². The molecule has 4 aromatic carbocycles. The number of hydrogen-bond donors (Lipinski definition) is 2. The predicted molar refractivity (Wildman–Crippen MR) is 226 cm³/mol. The van der Waals surface area contributed by atoms with Crippen molar-refractivity contribution in [2.45, 2.75) is 104 Å². The Balaban J connectivity index is 0.695. The Hall–Kier alpha value is -4.22. The Labute approximate surface area is 363 Å². The number of phenolic OH excluding ortho intramolecular Hbond substituents is 1. The van der Waals surface area contributed by atoms with Crippen molar-refractivity contribution in [3.8, 4) is 11.5 Å². The van der Waals surface area contributed by atoms with Crippen LogP contribution in [0.4, 0.5) is 0 Å². The molecule has 2 N–H and O–H groups in total. The second-order valence-corrected chi connectivity index (χ2v) is 22.7. The molecule has 2 unspecified atom stereocenters. The van der Waals surface area contributed by atoms with Crippen LogP contribution in [-0.2, 0) is 28.0 Å². The van der Waals surface area contributed by atoms with Gasteiger partial charge in [-0.1, -0.05) is 0 Å². The molecule has 0 bridgehead atoms. The average molecular weight is 917 g/mol. The van der Waals surface area contributed by atoms with Gasteiger partial charge in [-0.25, -0.2) is 0 Å². The summed E-state index contributed by atoms with van der Waals surface area (Å²) in [6.07, 6.45) is 11.7. The van der Waals surface area contributed by atoms with Crippen LogP contribution in [0, 0.1) is 11.3 Å². The zero-order chi connectivity index (χ0) is 40.6. The van der Waals surface area contributed by atoms with Gasteiger partial charge < -0.3 is 4.90 Å². The molecule has 8 nitrogen and oxygen atoms in total. The van der Waals surface area contributed by atoms with E-state index in [2.05, 4.69) is 76.9 Å². The zero-order valence-electron chi connectivity index (χ0n) is 34.3. The Morgan fingerprint density at radius 3 is 2.42 bits per heavy atom. The van der Waals surface area contributed by atoms with E-state index in [1.54, 1.807) is 10.5 Å². The van der Waals surface area contributed by atoms with Gasteiger partial charge >= 0.3 is 281 Å². The van der Waals surface area contributed by atoms with Crippen LogP contribution in [0.15, 0.2) is 84.9 Å². The van der Waals surface area contributed by atoms with Gasteiger partial charge in [-0.05, 0) is 12.5 Å². The number of hydrogen-bond acceptors (Lipinski definition) is 6. The monoisotopic (exact) mass is 916 g/mol. The van der Waals surface area contributed by atoms with Crippen molar-refractivity contribution < 1.29 is 45.4 Å². The third-order valence-corrected chi connectivity index (χ3v) is 19.4. The van der Waals surface area contributed by atoms with E-state index >= 15 is 0 Å². The van der Waals surface area contributed by atoms with Crippen LogP contribution in [0.25, 0.3) is 0 Å². The van der Waals surface area contributed by atoms with Gasteiger partial charge in [-0.2, -0.15) is 0 Å². The Morgan fingerprint density at radius 2 is 1.62 bits per heavy atom. The van der Waals surface area contributed by atoms with Crippen LogP contribution in [0.5, 0.6) is 11.5 Å². The minimum absolute atomic E-state index is 0.0144. The van der Waals surface area contributed by atoms with E-state index < -0.39 is 6.04 Å². The molecular weight excluding hydrogens is 861 g/mol. The van der Waals surface area contributed by atoms with Gasteiger partial charge in [0, 0.05) is 17.5 Å². The summed E-state index contributed by atoms with van der Waals surface area (Å²) in [5.41, 5.74) is 10.4. The van der Waals surface area contributed by atoms with Gasteiger partial charge in [0.25, 0.3) is 5.91 Å². The van der Waals surface area contributed by atoms with Crippen molar-refractivity contribution >= 4 is 17.7 Å². The summed E-state index contributed by atoms with van der Waals surface area (Å²) in [7, 11) is 0. The molecule has 7 aliphatic rings. The second kappa shape index (κ2) is 15.3. The molecular formula is C51H55IN3O5-. The van der Waals surface area contributed by atoms with Gasteiger partial charge in [0.15, 0.2) is 0 Å². The largest absolute Gasteiger partial charge is 0.295 e. The average Bonchev–Trinajstić information content (AvgIpc) is 3.68. The van der Waals surface area contributed by atoms with Gasteiger partial charge in [0.05, 0.1) is 6.54 Å². The van der Waals surface area contributed by atoms with Crippen LogP contribution in [0.3, 0.4) is 0 Å². The Morgan fingerprint density at radius 1 is 0.817 bits per heavy atom. The normalized spacial score (nSPS) is 29.8. The zero-order valence-corrected chi connectivity index (χ0v) is 36.5. The summed E-state index contributed by atoms with van der Waals surface area (Å²) in [4.78, 5) is 42.1. The van der Waals surface area contributed by atoms with Crippen molar-refractivity contribution in [1.29, 1.82) is 0 Å². The Bertz CT molecular complexity index is 2330. The summed E-state index contributed by atoms with van der Waals surface area (Å²) < 4.78 is 8.62.